The van der Waals surface area contributed by atoms with Gasteiger partial charge in [0.25, 0.3) is 0 Å². The lowest BCUT2D eigenvalue weighted by Gasteiger charge is -2.07. The number of isocyanates is 1. The molecular formula is C14H12N2O2. The molecule has 0 N–H and O–H groups in total. The molecule has 4 nitrogen and oxygen atoms in total. The molecule has 0 radical (unpaired) electrons. The Hall–Kier alpha value is -2.19. The van der Waals surface area contributed by atoms with Crippen molar-refractivity contribution in [2.45, 2.75) is 25.3 Å². The summed E-state index contributed by atoms with van der Waals surface area (Å²) in [5.74, 6) is 0.614. The van der Waals surface area contributed by atoms with Gasteiger partial charge in [-0.25, -0.2) is 9.78 Å². The minimum absolute atomic E-state index is 0.313. The first-order chi connectivity index (χ1) is 8.73. The van der Waals surface area contributed by atoms with Crippen LogP contribution in [0.3, 0.4) is 0 Å². The molecule has 1 aliphatic carbocycles. The zero-order valence-corrected chi connectivity index (χ0v) is 10.0. The Morgan fingerprint density at radius 2 is 2.06 bits per heavy atom. The van der Waals surface area contributed by atoms with Crippen LogP contribution in [0.4, 0.5) is 0 Å². The Morgan fingerprint density at radius 3 is 2.56 bits per heavy atom. The Bertz CT molecular complexity index is 617. The lowest BCUT2D eigenvalue weighted by Crippen LogP contribution is -2.01. The third kappa shape index (κ3) is 1.77. The van der Waals surface area contributed by atoms with Crippen LogP contribution in [0.1, 0.15) is 24.1 Å². The number of nitrogens with zero attached hydrogens (tertiary/aromatic N) is 2. The first kappa shape index (κ1) is 10.9. The van der Waals surface area contributed by atoms with Crippen molar-refractivity contribution in [1.82, 2.24) is 4.98 Å². The molecule has 4 heteroatoms. The van der Waals surface area contributed by atoms with E-state index in [4.69, 9.17) is 4.42 Å². The number of carbonyl (C=O) groups excluding carboxylic acids is 1. The van der Waals surface area contributed by atoms with Gasteiger partial charge in [-0.2, -0.15) is 4.99 Å². The number of hydrogen-bond donors (Lipinski definition) is 0. The average Bonchev–Trinajstić information content (AvgIpc) is 3.04. The van der Waals surface area contributed by atoms with Gasteiger partial charge in [-0.1, -0.05) is 12.1 Å². The highest BCUT2D eigenvalue weighted by Crippen LogP contribution is 2.49. The molecule has 0 aliphatic heterocycles. The molecule has 1 aliphatic rings. The van der Waals surface area contributed by atoms with Crippen LogP contribution in [0.15, 0.2) is 39.9 Å². The largest absolute Gasteiger partial charge is 0.444 e. The fraction of sp³-hybridized carbons (Fsp3) is 0.286. The van der Waals surface area contributed by atoms with Crippen LogP contribution >= 0.6 is 0 Å². The van der Waals surface area contributed by atoms with E-state index in [0.29, 0.717) is 5.89 Å². The normalized spacial score (nSPS) is 16.1. The second-order valence-electron chi connectivity index (χ2n) is 4.61. The third-order valence-corrected chi connectivity index (χ3v) is 3.27. The summed E-state index contributed by atoms with van der Waals surface area (Å²) >= 11 is 0. The molecule has 90 valence electrons. The fourth-order valence-electron chi connectivity index (χ4n) is 2.08. The van der Waals surface area contributed by atoms with Gasteiger partial charge in [0, 0.05) is 5.56 Å². The number of rotatable bonds is 3. The average molecular weight is 240 g/mol. The van der Waals surface area contributed by atoms with Crippen molar-refractivity contribution < 1.29 is 9.21 Å². The van der Waals surface area contributed by atoms with Crippen molar-refractivity contribution in [2.75, 3.05) is 0 Å². The summed E-state index contributed by atoms with van der Waals surface area (Å²) < 4.78 is 5.34. The highest BCUT2D eigenvalue weighted by molar-refractivity contribution is 5.55. The highest BCUT2D eigenvalue weighted by Gasteiger charge is 2.44. The predicted octanol–water partition coefficient (Wildman–Crippen LogP) is 2.97. The number of oxazole rings is 1. The molecule has 0 atom stereocenters. The van der Waals surface area contributed by atoms with Gasteiger partial charge in [0.15, 0.2) is 0 Å². The zero-order chi connectivity index (χ0) is 12.6. The minimum Gasteiger partial charge on any atom is -0.444 e. The van der Waals surface area contributed by atoms with Gasteiger partial charge in [-0.3, -0.25) is 0 Å². The quantitative estimate of drug-likeness (QED) is 0.612. The van der Waals surface area contributed by atoms with E-state index in [0.717, 1.165) is 29.7 Å². The van der Waals surface area contributed by atoms with Crippen molar-refractivity contribution in [3.8, 4) is 11.5 Å². The van der Waals surface area contributed by atoms with Crippen LogP contribution in [0.2, 0.25) is 0 Å². The molecule has 1 aromatic carbocycles. The molecule has 18 heavy (non-hydrogen) atoms. The van der Waals surface area contributed by atoms with Crippen LogP contribution in [0.25, 0.3) is 11.5 Å². The lowest BCUT2D eigenvalue weighted by atomic mass is 10.0. The predicted molar refractivity (Wildman–Crippen MR) is 65.7 cm³/mol. The van der Waals surface area contributed by atoms with E-state index >= 15 is 0 Å². The monoisotopic (exact) mass is 240 g/mol. The maximum absolute atomic E-state index is 10.4. The number of aryl methyl sites for hydroxylation is 1. The first-order valence-corrected chi connectivity index (χ1v) is 5.86. The smallest absolute Gasteiger partial charge is 0.235 e. The molecule has 1 aromatic heterocycles. The van der Waals surface area contributed by atoms with Gasteiger partial charge in [0.1, 0.15) is 6.26 Å². The van der Waals surface area contributed by atoms with Crippen molar-refractivity contribution >= 4 is 6.08 Å². The van der Waals surface area contributed by atoms with Crippen LogP contribution in [-0.2, 0) is 10.3 Å². The van der Waals surface area contributed by atoms with E-state index in [2.05, 4.69) is 9.98 Å². The molecule has 1 fully saturated rings. The Morgan fingerprint density at radius 1 is 1.33 bits per heavy atom. The van der Waals surface area contributed by atoms with E-state index in [1.165, 1.54) is 0 Å². The molecule has 1 saturated carbocycles. The first-order valence-electron chi connectivity index (χ1n) is 5.86. The van der Waals surface area contributed by atoms with Gasteiger partial charge in [0.2, 0.25) is 12.0 Å². The van der Waals surface area contributed by atoms with E-state index in [1.54, 1.807) is 12.3 Å². The maximum Gasteiger partial charge on any atom is 0.235 e. The Kier molecular flexibility index (Phi) is 2.39. The maximum atomic E-state index is 10.4. The van der Waals surface area contributed by atoms with E-state index in [1.807, 2.05) is 31.2 Å². The van der Waals surface area contributed by atoms with Gasteiger partial charge in [-0.15, -0.1) is 0 Å². The summed E-state index contributed by atoms with van der Waals surface area (Å²) in [7, 11) is 0. The summed E-state index contributed by atoms with van der Waals surface area (Å²) in [6.45, 7) is 1.89. The van der Waals surface area contributed by atoms with Crippen molar-refractivity contribution in [2.24, 2.45) is 4.99 Å². The van der Waals surface area contributed by atoms with Gasteiger partial charge >= 0.3 is 0 Å². The molecule has 2 aromatic rings. The second-order valence-corrected chi connectivity index (χ2v) is 4.61. The topological polar surface area (TPSA) is 55.5 Å². The van der Waals surface area contributed by atoms with Gasteiger partial charge in [0.05, 0.1) is 11.2 Å². The Labute approximate surface area is 104 Å². The van der Waals surface area contributed by atoms with Crippen molar-refractivity contribution in [1.29, 1.82) is 0 Å². The molecule has 0 bridgehead atoms. The molecule has 0 spiro atoms. The Balaban J connectivity index is 1.92. The number of aromatic nitrogens is 1. The third-order valence-electron chi connectivity index (χ3n) is 3.27. The molecule has 0 saturated heterocycles. The van der Waals surface area contributed by atoms with Gasteiger partial charge < -0.3 is 4.42 Å². The summed E-state index contributed by atoms with van der Waals surface area (Å²) in [5, 5.41) is 0. The highest BCUT2D eigenvalue weighted by atomic mass is 16.3. The molecule has 1 heterocycles. The van der Waals surface area contributed by atoms with Crippen molar-refractivity contribution in [3.05, 3.63) is 41.8 Å². The number of aliphatic imine (C=N–C) groups is 1. The van der Waals surface area contributed by atoms with Crippen LogP contribution in [-0.4, -0.2) is 11.1 Å². The number of hydrogen-bond acceptors (Lipinski definition) is 4. The van der Waals surface area contributed by atoms with E-state index in [-0.39, 0.29) is 5.54 Å². The summed E-state index contributed by atoms with van der Waals surface area (Å²) in [6, 6.07) is 7.84. The minimum atomic E-state index is -0.313. The van der Waals surface area contributed by atoms with Crippen LogP contribution < -0.4 is 0 Å². The molecule has 0 unspecified atom stereocenters. The van der Waals surface area contributed by atoms with Crippen LogP contribution in [0.5, 0.6) is 0 Å². The summed E-state index contributed by atoms with van der Waals surface area (Å²) in [6.07, 6.45) is 5.12. The van der Waals surface area contributed by atoms with Crippen molar-refractivity contribution in [3.63, 3.8) is 0 Å². The molecule has 0 amide bonds. The second kappa shape index (κ2) is 3.93. The van der Waals surface area contributed by atoms with E-state index in [9.17, 15) is 4.79 Å². The zero-order valence-electron chi connectivity index (χ0n) is 10.0. The fourth-order valence-corrected chi connectivity index (χ4v) is 2.08. The van der Waals surface area contributed by atoms with Crippen LogP contribution in [0, 0.1) is 6.92 Å². The standard InChI is InChI=1S/C14H12N2O2/c1-10-8-18-13(16-10)11-2-4-12(5-3-11)14(6-7-14)15-9-17/h2-5,8H,6-7H2,1H3. The summed E-state index contributed by atoms with van der Waals surface area (Å²) in [5.41, 5.74) is 2.53. The van der Waals surface area contributed by atoms with E-state index < -0.39 is 0 Å². The lowest BCUT2D eigenvalue weighted by molar-refractivity contribution is 0.556. The molecule has 3 rings (SSSR count). The SMILES string of the molecule is Cc1coc(-c2ccc(C3(N=C=O)CC3)cc2)n1. The molecular weight excluding hydrogens is 228 g/mol. The van der Waals surface area contributed by atoms with Gasteiger partial charge in [-0.05, 0) is 37.5 Å². The summed E-state index contributed by atoms with van der Waals surface area (Å²) in [4.78, 5) is 18.6. The number of benzene rings is 1.